The normalized spacial score (nSPS) is 18.6. The van der Waals surface area contributed by atoms with Gasteiger partial charge in [-0.2, -0.15) is 0 Å². The summed E-state index contributed by atoms with van der Waals surface area (Å²) >= 11 is 0. The molecule has 2 aromatic rings. The van der Waals surface area contributed by atoms with Gasteiger partial charge in [-0.3, -0.25) is 9.59 Å². The van der Waals surface area contributed by atoms with Crippen LogP contribution in [0.4, 0.5) is 4.39 Å². The second-order valence-electron chi connectivity index (χ2n) is 6.23. The summed E-state index contributed by atoms with van der Waals surface area (Å²) in [6.45, 7) is 4.04. The van der Waals surface area contributed by atoms with E-state index in [9.17, 15) is 14.0 Å². The fourth-order valence-electron chi connectivity index (χ4n) is 3.02. The van der Waals surface area contributed by atoms with E-state index in [1.54, 1.807) is 6.08 Å². The van der Waals surface area contributed by atoms with Crippen molar-refractivity contribution in [1.82, 2.24) is 5.32 Å². The third-order valence-corrected chi connectivity index (χ3v) is 4.49. The first-order chi connectivity index (χ1) is 12.6. The van der Waals surface area contributed by atoms with Crippen LogP contribution < -0.4 is 10.1 Å². The van der Waals surface area contributed by atoms with Crippen molar-refractivity contribution in [2.24, 2.45) is 5.92 Å². The second kappa shape index (κ2) is 7.95. The van der Waals surface area contributed by atoms with Crippen LogP contribution in [0, 0.1) is 11.7 Å². The first kappa shape index (κ1) is 17.9. The van der Waals surface area contributed by atoms with E-state index >= 15 is 0 Å². The van der Waals surface area contributed by atoms with Gasteiger partial charge in [-0.1, -0.05) is 24.8 Å². The molecule has 1 heterocycles. The van der Waals surface area contributed by atoms with Crippen molar-refractivity contribution >= 4 is 11.7 Å². The number of halogens is 1. The molecule has 2 aromatic carbocycles. The standard InChI is InChI=1S/C21H20FNO3/c1-2-13-26-17-9-5-15(6-10-17)20-18(21(25)23-20)11-12-19(24)14-3-7-16(22)8-4-14/h2-10,18,20H,1,11-13H2,(H,23,25)/t18-,20-/m1/s1. The van der Waals surface area contributed by atoms with Crippen molar-refractivity contribution in [2.45, 2.75) is 18.9 Å². The molecular formula is C21H20FNO3. The topological polar surface area (TPSA) is 55.4 Å². The first-order valence-corrected chi connectivity index (χ1v) is 8.51. The highest BCUT2D eigenvalue weighted by Gasteiger charge is 2.39. The van der Waals surface area contributed by atoms with Crippen molar-refractivity contribution in [1.29, 1.82) is 0 Å². The number of carbonyl (C=O) groups excluding carboxylic acids is 2. The van der Waals surface area contributed by atoms with Gasteiger partial charge < -0.3 is 10.1 Å². The highest BCUT2D eigenvalue weighted by atomic mass is 19.1. The molecule has 134 valence electrons. The summed E-state index contributed by atoms with van der Waals surface area (Å²) in [5.74, 6) is -0.00676. The maximum atomic E-state index is 12.9. The quantitative estimate of drug-likeness (QED) is 0.446. The van der Waals surface area contributed by atoms with Gasteiger partial charge in [0.15, 0.2) is 5.78 Å². The Kier molecular flexibility index (Phi) is 5.46. The molecule has 1 amide bonds. The Balaban J connectivity index is 1.59. The Bertz CT molecular complexity index is 799. The first-order valence-electron chi connectivity index (χ1n) is 8.51. The molecule has 4 nitrogen and oxygen atoms in total. The summed E-state index contributed by atoms with van der Waals surface area (Å²) in [5, 5.41) is 2.89. The van der Waals surface area contributed by atoms with E-state index in [0.29, 0.717) is 18.6 Å². The van der Waals surface area contributed by atoms with E-state index in [1.165, 1.54) is 24.3 Å². The lowest BCUT2D eigenvalue weighted by molar-refractivity contribution is -0.135. The molecule has 1 fully saturated rings. The largest absolute Gasteiger partial charge is 0.490 e. The molecule has 1 aliphatic heterocycles. The molecule has 0 unspecified atom stereocenters. The van der Waals surface area contributed by atoms with Gasteiger partial charge in [0.25, 0.3) is 0 Å². The molecule has 0 saturated carbocycles. The number of nitrogens with one attached hydrogen (secondary N) is 1. The van der Waals surface area contributed by atoms with Gasteiger partial charge in [-0.15, -0.1) is 0 Å². The van der Waals surface area contributed by atoms with Crippen molar-refractivity contribution in [3.05, 3.63) is 78.1 Å². The van der Waals surface area contributed by atoms with Crippen LogP contribution in [0.2, 0.25) is 0 Å². The van der Waals surface area contributed by atoms with E-state index in [1.807, 2.05) is 24.3 Å². The van der Waals surface area contributed by atoms with Crippen LogP contribution in [0.3, 0.4) is 0 Å². The van der Waals surface area contributed by atoms with Crippen LogP contribution >= 0.6 is 0 Å². The van der Waals surface area contributed by atoms with E-state index < -0.39 is 0 Å². The van der Waals surface area contributed by atoms with Crippen LogP contribution in [0.15, 0.2) is 61.2 Å². The zero-order valence-electron chi connectivity index (χ0n) is 14.3. The van der Waals surface area contributed by atoms with Gasteiger partial charge in [0.2, 0.25) is 5.91 Å². The van der Waals surface area contributed by atoms with Gasteiger partial charge in [0.05, 0.1) is 12.0 Å². The monoisotopic (exact) mass is 353 g/mol. The van der Waals surface area contributed by atoms with Gasteiger partial charge >= 0.3 is 0 Å². The lowest BCUT2D eigenvalue weighted by Crippen LogP contribution is -2.51. The number of ether oxygens (including phenoxy) is 1. The fraction of sp³-hybridized carbons (Fsp3) is 0.238. The van der Waals surface area contributed by atoms with Crippen LogP contribution in [-0.2, 0) is 4.79 Å². The Labute approximate surface area is 151 Å². The molecule has 2 atom stereocenters. The minimum absolute atomic E-state index is 0.0473. The Morgan fingerprint density at radius 3 is 2.46 bits per heavy atom. The molecule has 26 heavy (non-hydrogen) atoms. The molecule has 1 N–H and O–H groups in total. The minimum Gasteiger partial charge on any atom is -0.490 e. The number of rotatable bonds is 8. The fourth-order valence-corrected chi connectivity index (χ4v) is 3.02. The number of β-lactam (4-membered cyclic amide) rings is 1. The minimum atomic E-state index is -0.375. The second-order valence-corrected chi connectivity index (χ2v) is 6.23. The number of hydrogen-bond donors (Lipinski definition) is 1. The highest BCUT2D eigenvalue weighted by molar-refractivity contribution is 5.96. The lowest BCUT2D eigenvalue weighted by Gasteiger charge is -2.37. The molecular weight excluding hydrogens is 333 g/mol. The lowest BCUT2D eigenvalue weighted by atomic mass is 9.81. The number of amides is 1. The van der Waals surface area contributed by atoms with Crippen molar-refractivity contribution in [2.75, 3.05) is 6.61 Å². The molecule has 0 aromatic heterocycles. The molecule has 1 aliphatic rings. The van der Waals surface area contributed by atoms with Crippen LogP contribution in [-0.4, -0.2) is 18.3 Å². The molecule has 0 spiro atoms. The molecule has 5 heteroatoms. The number of hydrogen-bond acceptors (Lipinski definition) is 3. The Hall–Kier alpha value is -2.95. The third-order valence-electron chi connectivity index (χ3n) is 4.49. The highest BCUT2D eigenvalue weighted by Crippen LogP contribution is 2.34. The van der Waals surface area contributed by atoms with Crippen LogP contribution in [0.1, 0.15) is 34.8 Å². The Morgan fingerprint density at radius 1 is 1.15 bits per heavy atom. The summed E-state index contributed by atoms with van der Waals surface area (Å²) in [7, 11) is 0. The van der Waals surface area contributed by atoms with Crippen LogP contribution in [0.25, 0.3) is 0 Å². The average Bonchev–Trinajstić information content (AvgIpc) is 2.65. The SMILES string of the molecule is C=CCOc1ccc([C@H]2NC(=O)[C@@H]2CCC(=O)c2ccc(F)cc2)cc1. The van der Waals surface area contributed by atoms with Gasteiger partial charge in [-0.25, -0.2) is 4.39 Å². The summed E-state index contributed by atoms with van der Waals surface area (Å²) in [5.41, 5.74) is 1.45. The van der Waals surface area contributed by atoms with E-state index in [-0.39, 0.29) is 35.9 Å². The third kappa shape index (κ3) is 3.99. The maximum Gasteiger partial charge on any atom is 0.226 e. The number of ketones is 1. The molecule has 3 rings (SSSR count). The summed E-state index contributed by atoms with van der Waals surface area (Å²) in [6, 6.07) is 12.9. The zero-order chi connectivity index (χ0) is 18.5. The van der Waals surface area contributed by atoms with E-state index in [4.69, 9.17) is 4.74 Å². The summed E-state index contributed by atoms with van der Waals surface area (Å²) < 4.78 is 18.4. The van der Waals surface area contributed by atoms with Crippen molar-refractivity contribution in [3.63, 3.8) is 0 Å². The van der Waals surface area contributed by atoms with Gasteiger partial charge in [0.1, 0.15) is 18.2 Å². The average molecular weight is 353 g/mol. The summed E-state index contributed by atoms with van der Waals surface area (Å²) in [4.78, 5) is 24.1. The van der Waals surface area contributed by atoms with Crippen LogP contribution in [0.5, 0.6) is 5.75 Å². The van der Waals surface area contributed by atoms with Crippen molar-refractivity contribution < 1.29 is 18.7 Å². The van der Waals surface area contributed by atoms with Gasteiger partial charge in [-0.05, 0) is 48.4 Å². The van der Waals surface area contributed by atoms with Crippen molar-refractivity contribution in [3.8, 4) is 5.75 Å². The molecule has 0 bridgehead atoms. The van der Waals surface area contributed by atoms with Gasteiger partial charge in [0, 0.05) is 12.0 Å². The summed E-state index contributed by atoms with van der Waals surface area (Å²) in [6.07, 6.45) is 2.39. The predicted molar refractivity (Wildman–Crippen MR) is 96.5 cm³/mol. The van der Waals surface area contributed by atoms with E-state index in [0.717, 1.165) is 11.3 Å². The predicted octanol–water partition coefficient (Wildman–Crippen LogP) is 3.84. The number of Topliss-reactive ketones (excluding diaryl/α,β-unsaturated/α-hetero) is 1. The Morgan fingerprint density at radius 2 is 1.85 bits per heavy atom. The number of benzene rings is 2. The smallest absolute Gasteiger partial charge is 0.226 e. The van der Waals surface area contributed by atoms with E-state index in [2.05, 4.69) is 11.9 Å². The molecule has 1 saturated heterocycles. The molecule has 0 radical (unpaired) electrons. The zero-order valence-corrected chi connectivity index (χ0v) is 14.3. The number of carbonyl (C=O) groups is 2. The molecule has 0 aliphatic carbocycles. The maximum absolute atomic E-state index is 12.9.